The van der Waals surface area contributed by atoms with Crippen molar-refractivity contribution in [2.24, 2.45) is 0 Å². The van der Waals surface area contributed by atoms with E-state index in [1.165, 1.54) is 29.2 Å². The molecule has 1 atom stereocenters. The number of carbonyl (C=O) groups excluding carboxylic acids is 2. The Bertz CT molecular complexity index is 1750. The molecular formula is C36H37BrClN3O4S. The van der Waals surface area contributed by atoms with Gasteiger partial charge in [0.15, 0.2) is 0 Å². The minimum atomic E-state index is -4.20. The monoisotopic (exact) mass is 721 g/mol. The standard InChI is InChI=1S/C36H37BrClN3O4S/c1-26-14-18-32(19-15-26)41(46(44,45)33-20-16-30(38)17-21-33)25-35(42)40(24-28-10-7-11-29(37)22-28)34(23-27-8-3-2-4-9-27)36(43)39-31-12-5-6-13-31/h2-4,7-11,14-22,31,34H,5-6,12-13,23-25H2,1H3,(H,39,43). The number of hydrogen-bond acceptors (Lipinski definition) is 4. The zero-order valence-corrected chi connectivity index (χ0v) is 28.8. The van der Waals surface area contributed by atoms with Crippen molar-refractivity contribution in [3.63, 3.8) is 0 Å². The lowest BCUT2D eigenvalue weighted by molar-refractivity contribution is -0.140. The molecule has 0 radical (unpaired) electrons. The van der Waals surface area contributed by atoms with Gasteiger partial charge in [-0.2, -0.15) is 0 Å². The molecule has 0 aromatic heterocycles. The van der Waals surface area contributed by atoms with E-state index in [2.05, 4.69) is 21.2 Å². The highest BCUT2D eigenvalue weighted by molar-refractivity contribution is 9.10. The lowest BCUT2D eigenvalue weighted by atomic mass is 10.0. The number of aryl methyl sites for hydroxylation is 1. The number of nitrogens with zero attached hydrogens (tertiary/aromatic N) is 2. The van der Waals surface area contributed by atoms with E-state index in [4.69, 9.17) is 11.6 Å². The maximum Gasteiger partial charge on any atom is 0.264 e. The molecule has 0 heterocycles. The van der Waals surface area contributed by atoms with E-state index in [0.717, 1.165) is 51.2 Å². The quantitative estimate of drug-likeness (QED) is 0.166. The summed E-state index contributed by atoms with van der Waals surface area (Å²) in [5.74, 6) is -0.748. The summed E-state index contributed by atoms with van der Waals surface area (Å²) in [6.45, 7) is 1.50. The fraction of sp³-hybridized carbons (Fsp3) is 0.278. The third-order valence-corrected chi connectivity index (χ3v) is 10.8. The van der Waals surface area contributed by atoms with Crippen molar-refractivity contribution in [2.45, 2.75) is 62.6 Å². The van der Waals surface area contributed by atoms with Crippen molar-refractivity contribution < 1.29 is 18.0 Å². The Morgan fingerprint density at radius 2 is 1.54 bits per heavy atom. The van der Waals surface area contributed by atoms with Crippen LogP contribution in [0.1, 0.15) is 42.4 Å². The van der Waals surface area contributed by atoms with E-state index in [1.807, 2.05) is 61.5 Å². The molecule has 10 heteroatoms. The van der Waals surface area contributed by atoms with Gasteiger partial charge in [0.1, 0.15) is 12.6 Å². The minimum absolute atomic E-state index is 0.00336. The van der Waals surface area contributed by atoms with Gasteiger partial charge in [-0.3, -0.25) is 13.9 Å². The van der Waals surface area contributed by atoms with Gasteiger partial charge in [0.05, 0.1) is 10.6 Å². The molecule has 1 aliphatic rings. The molecule has 0 aliphatic heterocycles. The fourth-order valence-corrected chi connectivity index (χ4v) is 7.71. The fourth-order valence-electron chi connectivity index (χ4n) is 5.73. The van der Waals surface area contributed by atoms with Gasteiger partial charge in [0, 0.05) is 28.5 Å². The molecule has 0 saturated heterocycles. The van der Waals surface area contributed by atoms with Gasteiger partial charge in [-0.1, -0.05) is 101 Å². The first kappa shape index (κ1) is 33.7. The summed E-state index contributed by atoms with van der Waals surface area (Å²) < 4.78 is 30.2. The average Bonchev–Trinajstić information content (AvgIpc) is 3.55. The van der Waals surface area contributed by atoms with Crippen molar-refractivity contribution in [1.29, 1.82) is 0 Å². The molecule has 1 fully saturated rings. The van der Waals surface area contributed by atoms with E-state index in [0.29, 0.717) is 10.7 Å². The maximum absolute atomic E-state index is 14.6. The van der Waals surface area contributed by atoms with Crippen LogP contribution in [0.3, 0.4) is 0 Å². The van der Waals surface area contributed by atoms with Gasteiger partial charge in [0.25, 0.3) is 10.0 Å². The number of amides is 2. The number of nitrogens with one attached hydrogen (secondary N) is 1. The first-order valence-electron chi connectivity index (χ1n) is 15.3. The summed E-state index contributed by atoms with van der Waals surface area (Å²) in [5.41, 5.74) is 2.98. The van der Waals surface area contributed by atoms with Gasteiger partial charge in [-0.15, -0.1) is 0 Å². The van der Waals surface area contributed by atoms with Crippen LogP contribution in [-0.2, 0) is 32.6 Å². The van der Waals surface area contributed by atoms with E-state index in [1.54, 1.807) is 24.3 Å². The minimum Gasteiger partial charge on any atom is -0.352 e. The highest BCUT2D eigenvalue weighted by Gasteiger charge is 2.35. The Hall–Kier alpha value is -3.66. The Morgan fingerprint density at radius 3 is 2.20 bits per heavy atom. The van der Waals surface area contributed by atoms with Crippen LogP contribution >= 0.6 is 27.5 Å². The predicted octanol–water partition coefficient (Wildman–Crippen LogP) is 7.31. The molecule has 4 aromatic rings. The molecule has 0 spiro atoms. The molecule has 0 bridgehead atoms. The third kappa shape index (κ3) is 8.57. The second-order valence-electron chi connectivity index (χ2n) is 11.6. The Labute approximate surface area is 284 Å². The summed E-state index contributed by atoms with van der Waals surface area (Å²) in [6.07, 6.45) is 4.15. The third-order valence-electron chi connectivity index (χ3n) is 8.22. The normalized spacial score (nSPS) is 14.1. The number of carbonyl (C=O) groups is 2. The van der Waals surface area contributed by atoms with Crippen LogP contribution < -0.4 is 9.62 Å². The number of hydrogen-bond donors (Lipinski definition) is 1. The van der Waals surface area contributed by atoms with Crippen LogP contribution in [0, 0.1) is 6.92 Å². The summed E-state index contributed by atoms with van der Waals surface area (Å²) in [4.78, 5) is 30.2. The van der Waals surface area contributed by atoms with Gasteiger partial charge in [-0.25, -0.2) is 8.42 Å². The van der Waals surface area contributed by atoms with Gasteiger partial charge in [0.2, 0.25) is 11.8 Å². The van der Waals surface area contributed by atoms with Gasteiger partial charge < -0.3 is 10.2 Å². The van der Waals surface area contributed by atoms with Gasteiger partial charge in [-0.05, 0) is 79.4 Å². The van der Waals surface area contributed by atoms with Crippen molar-refractivity contribution in [3.05, 3.63) is 129 Å². The summed E-state index contributed by atoms with van der Waals surface area (Å²) in [5, 5.41) is 3.60. The molecule has 1 unspecified atom stereocenters. The van der Waals surface area contributed by atoms with Gasteiger partial charge >= 0.3 is 0 Å². The maximum atomic E-state index is 14.6. The molecule has 5 rings (SSSR count). The van der Waals surface area contributed by atoms with Crippen LogP contribution in [0.5, 0.6) is 0 Å². The average molecular weight is 723 g/mol. The van der Waals surface area contributed by atoms with Crippen LogP contribution in [0.2, 0.25) is 5.02 Å². The first-order valence-corrected chi connectivity index (χ1v) is 17.9. The van der Waals surface area contributed by atoms with E-state index < -0.39 is 28.5 Å². The highest BCUT2D eigenvalue weighted by atomic mass is 79.9. The van der Waals surface area contributed by atoms with E-state index in [9.17, 15) is 18.0 Å². The zero-order chi connectivity index (χ0) is 32.7. The molecule has 46 heavy (non-hydrogen) atoms. The van der Waals surface area contributed by atoms with Crippen LogP contribution in [0.4, 0.5) is 5.69 Å². The lowest BCUT2D eigenvalue weighted by Crippen LogP contribution is -2.54. The molecule has 1 aliphatic carbocycles. The van der Waals surface area contributed by atoms with E-state index in [-0.39, 0.29) is 29.8 Å². The van der Waals surface area contributed by atoms with Crippen LogP contribution in [0.25, 0.3) is 0 Å². The molecule has 4 aromatic carbocycles. The molecule has 7 nitrogen and oxygen atoms in total. The Balaban J connectivity index is 1.56. The topological polar surface area (TPSA) is 86.8 Å². The number of anilines is 1. The largest absolute Gasteiger partial charge is 0.352 e. The molecule has 240 valence electrons. The number of halogens is 2. The SMILES string of the molecule is Cc1ccc(N(CC(=O)N(Cc2cccc(Br)c2)C(Cc2ccccc2)C(=O)NC2CCCC2)S(=O)(=O)c2ccc(Cl)cc2)cc1. The number of benzene rings is 4. The van der Waals surface area contributed by atoms with Crippen LogP contribution in [-0.4, -0.2) is 43.8 Å². The van der Waals surface area contributed by atoms with Crippen molar-refractivity contribution in [2.75, 3.05) is 10.8 Å². The van der Waals surface area contributed by atoms with Crippen LogP contribution in [0.15, 0.2) is 112 Å². The summed E-state index contributed by atoms with van der Waals surface area (Å²) in [7, 11) is -4.20. The Kier molecular flexibility index (Phi) is 11.2. The molecule has 2 amide bonds. The molecule has 1 saturated carbocycles. The smallest absolute Gasteiger partial charge is 0.264 e. The number of sulfonamides is 1. The number of rotatable bonds is 12. The Morgan fingerprint density at radius 1 is 0.891 bits per heavy atom. The highest BCUT2D eigenvalue weighted by Crippen LogP contribution is 2.27. The van der Waals surface area contributed by atoms with Crippen molar-refractivity contribution >= 4 is 55.1 Å². The van der Waals surface area contributed by atoms with Crippen molar-refractivity contribution in [1.82, 2.24) is 10.2 Å². The summed E-state index contributed by atoms with van der Waals surface area (Å²) >= 11 is 9.59. The van der Waals surface area contributed by atoms with Crippen molar-refractivity contribution in [3.8, 4) is 0 Å². The summed E-state index contributed by atoms with van der Waals surface area (Å²) in [6, 6.07) is 29.1. The molecular weight excluding hydrogens is 686 g/mol. The second-order valence-corrected chi connectivity index (χ2v) is 14.9. The predicted molar refractivity (Wildman–Crippen MR) is 186 cm³/mol. The first-order chi connectivity index (χ1) is 22.1. The van der Waals surface area contributed by atoms with E-state index >= 15 is 0 Å². The second kappa shape index (κ2) is 15.3. The molecule has 1 N–H and O–H groups in total. The lowest BCUT2D eigenvalue weighted by Gasteiger charge is -2.34. The zero-order valence-electron chi connectivity index (χ0n) is 25.6.